The number of aromatic nitrogens is 1. The van der Waals surface area contributed by atoms with Crippen LogP contribution in [0, 0.1) is 18.7 Å². The Bertz CT molecular complexity index is 759. The molecule has 0 saturated carbocycles. The summed E-state index contributed by atoms with van der Waals surface area (Å²) >= 11 is 0. The predicted octanol–water partition coefficient (Wildman–Crippen LogP) is 2.91. The molecule has 0 aliphatic heterocycles. The van der Waals surface area contributed by atoms with Gasteiger partial charge in [-0.2, -0.15) is 0 Å². The molecular formula is C17H19FN2O3. The Kier molecular flexibility index (Phi) is 4.93. The molecule has 0 aliphatic rings. The van der Waals surface area contributed by atoms with Crippen LogP contribution in [0.25, 0.3) is 10.9 Å². The number of aryl methyl sites for hydroxylation is 1. The first kappa shape index (κ1) is 16.9. The van der Waals surface area contributed by atoms with Crippen LogP contribution < -0.4 is 5.32 Å². The number of hydrogen-bond acceptors (Lipinski definition) is 3. The number of halogens is 1. The van der Waals surface area contributed by atoms with Crippen LogP contribution in [0.5, 0.6) is 0 Å². The van der Waals surface area contributed by atoms with E-state index >= 15 is 0 Å². The van der Waals surface area contributed by atoms with Gasteiger partial charge in [-0.1, -0.05) is 13.8 Å². The van der Waals surface area contributed by atoms with Crippen LogP contribution in [-0.4, -0.2) is 28.0 Å². The minimum atomic E-state index is -1.09. The third-order valence-corrected chi connectivity index (χ3v) is 3.45. The van der Waals surface area contributed by atoms with Crippen molar-refractivity contribution in [1.29, 1.82) is 0 Å². The first-order chi connectivity index (χ1) is 10.8. The van der Waals surface area contributed by atoms with E-state index < -0.39 is 23.7 Å². The van der Waals surface area contributed by atoms with E-state index in [1.165, 1.54) is 24.3 Å². The molecule has 0 aliphatic carbocycles. The summed E-state index contributed by atoms with van der Waals surface area (Å²) in [4.78, 5) is 28.1. The molecule has 2 aromatic rings. The van der Waals surface area contributed by atoms with Crippen molar-refractivity contribution in [3.63, 3.8) is 0 Å². The average Bonchev–Trinajstić information content (AvgIpc) is 2.45. The Hall–Kier alpha value is -2.50. The van der Waals surface area contributed by atoms with E-state index in [4.69, 9.17) is 0 Å². The Morgan fingerprint density at radius 3 is 2.61 bits per heavy atom. The van der Waals surface area contributed by atoms with Gasteiger partial charge in [0.25, 0.3) is 5.91 Å². The summed E-state index contributed by atoms with van der Waals surface area (Å²) < 4.78 is 13.5. The number of hydrogen-bond donors (Lipinski definition) is 2. The number of nitrogens with one attached hydrogen (secondary N) is 1. The highest BCUT2D eigenvalue weighted by atomic mass is 19.1. The number of carboxylic acids is 1. The molecule has 0 fully saturated rings. The summed E-state index contributed by atoms with van der Waals surface area (Å²) in [7, 11) is 0. The van der Waals surface area contributed by atoms with Crippen molar-refractivity contribution in [3.8, 4) is 0 Å². The number of fused-ring (bicyclic) bond motifs is 1. The van der Waals surface area contributed by atoms with Gasteiger partial charge in [0.05, 0.1) is 11.1 Å². The number of aliphatic carboxylic acids is 1. The van der Waals surface area contributed by atoms with E-state index in [9.17, 15) is 19.1 Å². The van der Waals surface area contributed by atoms with Gasteiger partial charge in [0.15, 0.2) is 0 Å². The average molecular weight is 318 g/mol. The maximum atomic E-state index is 13.5. The van der Waals surface area contributed by atoms with Crippen molar-refractivity contribution in [2.75, 3.05) is 0 Å². The molecule has 1 unspecified atom stereocenters. The fourth-order valence-corrected chi connectivity index (χ4v) is 2.45. The van der Waals surface area contributed by atoms with Crippen LogP contribution in [0.4, 0.5) is 4.39 Å². The normalized spacial score (nSPS) is 12.4. The molecule has 0 radical (unpaired) electrons. The lowest BCUT2D eigenvalue weighted by Crippen LogP contribution is -2.41. The molecule has 1 heterocycles. The maximum Gasteiger partial charge on any atom is 0.326 e. The number of nitrogens with zero attached hydrogens (tertiary/aromatic N) is 1. The molecule has 0 bridgehead atoms. The summed E-state index contributed by atoms with van der Waals surface area (Å²) in [5.41, 5.74) is 1.32. The highest BCUT2D eigenvalue weighted by Gasteiger charge is 2.23. The zero-order valence-electron chi connectivity index (χ0n) is 13.3. The van der Waals surface area contributed by atoms with Crippen molar-refractivity contribution < 1.29 is 19.1 Å². The van der Waals surface area contributed by atoms with Gasteiger partial charge < -0.3 is 10.4 Å². The van der Waals surface area contributed by atoms with Gasteiger partial charge >= 0.3 is 5.97 Å². The first-order valence-electron chi connectivity index (χ1n) is 7.38. The lowest BCUT2D eigenvalue weighted by Gasteiger charge is -2.17. The molecule has 1 aromatic carbocycles. The molecule has 2 N–H and O–H groups in total. The second-order valence-corrected chi connectivity index (χ2v) is 5.97. The Morgan fingerprint density at radius 2 is 2.00 bits per heavy atom. The molecular weight excluding hydrogens is 299 g/mol. The number of amides is 1. The van der Waals surface area contributed by atoms with Crippen LogP contribution in [-0.2, 0) is 4.79 Å². The number of benzene rings is 1. The topological polar surface area (TPSA) is 79.3 Å². The van der Waals surface area contributed by atoms with Gasteiger partial charge in [0, 0.05) is 11.1 Å². The third kappa shape index (κ3) is 4.03. The van der Waals surface area contributed by atoms with Gasteiger partial charge in [0.2, 0.25) is 0 Å². The maximum absolute atomic E-state index is 13.5. The van der Waals surface area contributed by atoms with Gasteiger partial charge in [0.1, 0.15) is 11.9 Å². The number of carboxylic acid groups (broad SMARTS) is 1. The minimum absolute atomic E-state index is 0.116. The highest BCUT2D eigenvalue weighted by Crippen LogP contribution is 2.20. The zero-order chi connectivity index (χ0) is 17.1. The van der Waals surface area contributed by atoms with Crippen LogP contribution in [0.2, 0.25) is 0 Å². The molecule has 2 rings (SSSR count). The largest absolute Gasteiger partial charge is 0.480 e. The zero-order valence-corrected chi connectivity index (χ0v) is 13.3. The van der Waals surface area contributed by atoms with Crippen LogP contribution >= 0.6 is 0 Å². The molecule has 1 aromatic heterocycles. The molecule has 122 valence electrons. The summed E-state index contributed by atoms with van der Waals surface area (Å²) in [5.74, 6) is -1.99. The van der Waals surface area contributed by atoms with E-state index in [1.807, 2.05) is 13.8 Å². The number of pyridine rings is 1. The number of carbonyl (C=O) groups is 2. The lowest BCUT2D eigenvalue weighted by molar-refractivity contribution is -0.139. The monoisotopic (exact) mass is 318 g/mol. The fraction of sp³-hybridized carbons (Fsp3) is 0.353. The van der Waals surface area contributed by atoms with E-state index in [-0.39, 0.29) is 11.5 Å². The molecule has 6 heteroatoms. The fourth-order valence-electron chi connectivity index (χ4n) is 2.45. The van der Waals surface area contributed by atoms with Gasteiger partial charge in [-0.15, -0.1) is 0 Å². The molecule has 5 nitrogen and oxygen atoms in total. The number of carbonyl (C=O) groups excluding carboxylic acids is 1. The third-order valence-electron chi connectivity index (χ3n) is 3.45. The first-order valence-corrected chi connectivity index (χ1v) is 7.38. The summed E-state index contributed by atoms with van der Waals surface area (Å²) in [6.07, 6.45) is 0.317. The minimum Gasteiger partial charge on any atom is -0.480 e. The van der Waals surface area contributed by atoms with Gasteiger partial charge in [-0.05, 0) is 43.5 Å². The van der Waals surface area contributed by atoms with E-state index in [0.29, 0.717) is 23.0 Å². The summed E-state index contributed by atoms with van der Waals surface area (Å²) in [5, 5.41) is 12.1. The van der Waals surface area contributed by atoms with Crippen molar-refractivity contribution >= 4 is 22.8 Å². The Labute approximate surface area is 133 Å². The molecule has 1 atom stereocenters. The second-order valence-electron chi connectivity index (χ2n) is 5.97. The smallest absolute Gasteiger partial charge is 0.326 e. The Balaban J connectivity index is 2.40. The van der Waals surface area contributed by atoms with E-state index in [2.05, 4.69) is 10.3 Å². The quantitative estimate of drug-likeness (QED) is 0.888. The van der Waals surface area contributed by atoms with Crippen LogP contribution in [0.3, 0.4) is 0 Å². The van der Waals surface area contributed by atoms with Crippen molar-refractivity contribution in [2.45, 2.75) is 33.2 Å². The molecule has 0 saturated heterocycles. The summed E-state index contributed by atoms with van der Waals surface area (Å²) in [6, 6.07) is 4.55. The van der Waals surface area contributed by atoms with Gasteiger partial charge in [-0.3, -0.25) is 9.78 Å². The van der Waals surface area contributed by atoms with Crippen molar-refractivity contribution in [1.82, 2.24) is 10.3 Å². The van der Waals surface area contributed by atoms with Gasteiger partial charge in [-0.25, -0.2) is 9.18 Å². The number of rotatable bonds is 5. The predicted molar refractivity (Wildman–Crippen MR) is 84.8 cm³/mol. The van der Waals surface area contributed by atoms with Crippen molar-refractivity contribution in [2.24, 2.45) is 5.92 Å². The van der Waals surface area contributed by atoms with Crippen LogP contribution in [0.15, 0.2) is 24.3 Å². The standard InChI is InChI=1S/C17H19FN2O3/c1-9(2)6-15(17(22)23)20-16(21)13-7-10(3)19-14-5-4-11(18)8-12(13)14/h4-5,7-9,15H,6H2,1-3H3,(H,20,21)(H,22,23). The SMILES string of the molecule is Cc1cc(C(=O)NC(CC(C)C)C(=O)O)c2cc(F)ccc2n1. The summed E-state index contributed by atoms with van der Waals surface area (Å²) in [6.45, 7) is 5.48. The molecule has 1 amide bonds. The lowest BCUT2D eigenvalue weighted by atomic mass is 10.0. The second kappa shape index (κ2) is 6.73. The van der Waals surface area contributed by atoms with E-state index in [0.717, 1.165) is 0 Å². The van der Waals surface area contributed by atoms with E-state index in [1.54, 1.807) is 6.92 Å². The van der Waals surface area contributed by atoms with Crippen molar-refractivity contribution in [3.05, 3.63) is 41.3 Å². The molecule has 23 heavy (non-hydrogen) atoms. The molecule has 0 spiro atoms. The Morgan fingerprint density at radius 1 is 1.30 bits per heavy atom. The highest BCUT2D eigenvalue weighted by molar-refractivity contribution is 6.07. The van der Waals surface area contributed by atoms with Crippen LogP contribution in [0.1, 0.15) is 36.3 Å².